The monoisotopic (exact) mass is 243 g/mol. The van der Waals surface area contributed by atoms with Crippen LogP contribution >= 0.6 is 0 Å². The first-order valence-corrected chi connectivity index (χ1v) is 8.65. The first kappa shape index (κ1) is 12.6. The summed E-state index contributed by atoms with van der Waals surface area (Å²) in [5, 5.41) is 0. The molecule has 0 aromatic heterocycles. The minimum absolute atomic E-state index is 0.655. The molecular formula is C12H25NO2Si. The molecule has 3 unspecified atom stereocenters. The lowest BCUT2D eigenvalue weighted by Crippen LogP contribution is -2.34. The molecule has 2 saturated heterocycles. The Morgan fingerprint density at radius 1 is 1.19 bits per heavy atom. The van der Waals surface area contributed by atoms with Crippen molar-refractivity contribution >= 4 is 8.72 Å². The zero-order valence-corrected chi connectivity index (χ0v) is 11.7. The van der Waals surface area contributed by atoms with Gasteiger partial charge in [-0.15, -0.1) is 0 Å². The van der Waals surface area contributed by atoms with E-state index >= 15 is 0 Å². The molecule has 0 aromatic carbocycles. The standard InChI is InChI=1S/C12H25NO2Si/c1-3-11-15-16(14-2)12-9-7-5-4-6-8-10-13(12)16/h12H,3-11H2,1-2H3. The SMILES string of the molecule is CCCO[Si]1(OC)C2CCCCCCCN21. The van der Waals surface area contributed by atoms with Crippen LogP contribution in [0, 0.1) is 0 Å². The third-order valence-corrected chi connectivity index (χ3v) is 7.53. The Morgan fingerprint density at radius 2 is 1.94 bits per heavy atom. The molecule has 3 nitrogen and oxygen atoms in total. The van der Waals surface area contributed by atoms with Crippen molar-refractivity contribution in [1.29, 1.82) is 0 Å². The average molecular weight is 243 g/mol. The average Bonchev–Trinajstić information content (AvgIpc) is 2.87. The molecule has 16 heavy (non-hydrogen) atoms. The highest BCUT2D eigenvalue weighted by molar-refractivity contribution is 6.76. The van der Waals surface area contributed by atoms with Gasteiger partial charge in [-0.05, 0) is 25.8 Å². The van der Waals surface area contributed by atoms with Gasteiger partial charge in [-0.2, -0.15) is 0 Å². The van der Waals surface area contributed by atoms with Crippen LogP contribution in [0.15, 0.2) is 0 Å². The predicted molar refractivity (Wildman–Crippen MR) is 67.2 cm³/mol. The summed E-state index contributed by atoms with van der Waals surface area (Å²) in [6.45, 7) is 4.24. The molecule has 0 saturated carbocycles. The second-order valence-corrected chi connectivity index (χ2v) is 8.15. The lowest BCUT2D eigenvalue weighted by molar-refractivity contribution is 0.205. The Morgan fingerprint density at radius 3 is 2.69 bits per heavy atom. The minimum Gasteiger partial charge on any atom is -0.385 e. The summed E-state index contributed by atoms with van der Waals surface area (Å²) in [5.41, 5.74) is 0.655. The van der Waals surface area contributed by atoms with Crippen molar-refractivity contribution in [2.45, 2.75) is 57.5 Å². The molecule has 2 aliphatic heterocycles. The van der Waals surface area contributed by atoms with E-state index in [9.17, 15) is 0 Å². The zero-order chi connectivity index (χ0) is 11.4. The fraction of sp³-hybridized carbons (Fsp3) is 1.00. The smallest absolute Gasteiger partial charge is 0.385 e. The molecule has 0 bridgehead atoms. The molecule has 2 heterocycles. The fourth-order valence-corrected chi connectivity index (χ4v) is 6.71. The summed E-state index contributed by atoms with van der Waals surface area (Å²) in [6, 6.07) is 0. The van der Waals surface area contributed by atoms with Crippen LogP contribution in [0.4, 0.5) is 0 Å². The van der Waals surface area contributed by atoms with Crippen molar-refractivity contribution in [2.75, 3.05) is 20.3 Å². The third-order valence-electron chi connectivity index (χ3n) is 3.81. The molecule has 0 amide bonds. The Balaban J connectivity index is 1.94. The maximum Gasteiger partial charge on any atom is 0.445 e. The van der Waals surface area contributed by atoms with Gasteiger partial charge < -0.3 is 8.85 Å². The van der Waals surface area contributed by atoms with E-state index in [-0.39, 0.29) is 0 Å². The van der Waals surface area contributed by atoms with Crippen molar-refractivity contribution < 1.29 is 8.85 Å². The highest BCUT2D eigenvalue weighted by atomic mass is 28.4. The molecule has 2 rings (SSSR count). The van der Waals surface area contributed by atoms with Crippen molar-refractivity contribution in [3.05, 3.63) is 0 Å². The topological polar surface area (TPSA) is 21.5 Å². The Bertz CT molecular complexity index is 211. The van der Waals surface area contributed by atoms with E-state index in [4.69, 9.17) is 8.85 Å². The van der Waals surface area contributed by atoms with Gasteiger partial charge in [-0.25, -0.2) is 0 Å². The minimum atomic E-state index is -1.90. The summed E-state index contributed by atoms with van der Waals surface area (Å²) >= 11 is 0. The summed E-state index contributed by atoms with van der Waals surface area (Å²) in [7, 11) is -0.0502. The van der Waals surface area contributed by atoms with E-state index in [0.29, 0.717) is 5.67 Å². The van der Waals surface area contributed by atoms with Gasteiger partial charge in [-0.1, -0.05) is 32.6 Å². The second kappa shape index (κ2) is 5.62. The fourth-order valence-electron chi connectivity index (χ4n) is 2.90. The van der Waals surface area contributed by atoms with E-state index in [1.54, 1.807) is 0 Å². The molecule has 0 aromatic rings. The highest BCUT2D eigenvalue weighted by Crippen LogP contribution is 2.42. The van der Waals surface area contributed by atoms with Gasteiger partial charge in [-0.3, -0.25) is 4.57 Å². The first-order chi connectivity index (χ1) is 7.85. The Kier molecular flexibility index (Phi) is 4.41. The van der Waals surface area contributed by atoms with Gasteiger partial charge in [0.15, 0.2) is 0 Å². The quantitative estimate of drug-likeness (QED) is 0.559. The van der Waals surface area contributed by atoms with Crippen LogP contribution in [-0.2, 0) is 8.85 Å². The summed E-state index contributed by atoms with van der Waals surface area (Å²) in [4.78, 5) is 0. The summed E-state index contributed by atoms with van der Waals surface area (Å²) in [5.74, 6) is 0. The van der Waals surface area contributed by atoms with Crippen molar-refractivity contribution in [3.8, 4) is 0 Å². The van der Waals surface area contributed by atoms with Crippen LogP contribution in [0.2, 0.25) is 0 Å². The van der Waals surface area contributed by atoms with Crippen molar-refractivity contribution in [2.24, 2.45) is 0 Å². The van der Waals surface area contributed by atoms with E-state index < -0.39 is 8.72 Å². The highest BCUT2D eigenvalue weighted by Gasteiger charge is 2.69. The van der Waals surface area contributed by atoms with Gasteiger partial charge >= 0.3 is 8.72 Å². The van der Waals surface area contributed by atoms with Crippen LogP contribution in [0.5, 0.6) is 0 Å². The molecule has 4 heteroatoms. The molecular weight excluding hydrogens is 218 g/mol. The van der Waals surface area contributed by atoms with Crippen LogP contribution < -0.4 is 0 Å². The molecule has 3 atom stereocenters. The van der Waals surface area contributed by atoms with E-state index in [0.717, 1.165) is 13.0 Å². The molecule has 0 radical (unpaired) electrons. The first-order valence-electron chi connectivity index (χ1n) is 6.81. The number of hydrogen-bond acceptors (Lipinski definition) is 3. The number of rotatable bonds is 4. The summed E-state index contributed by atoms with van der Waals surface area (Å²) in [6.07, 6.45) is 9.26. The number of nitrogens with zero attached hydrogens (tertiary/aromatic N) is 1. The van der Waals surface area contributed by atoms with Crippen LogP contribution in [-0.4, -0.2) is 39.2 Å². The van der Waals surface area contributed by atoms with Crippen molar-refractivity contribution in [1.82, 2.24) is 4.57 Å². The lowest BCUT2D eigenvalue weighted by atomic mass is 10.1. The van der Waals surface area contributed by atoms with Gasteiger partial charge in [0.05, 0.1) is 5.67 Å². The van der Waals surface area contributed by atoms with Gasteiger partial charge in [0.2, 0.25) is 0 Å². The maximum absolute atomic E-state index is 6.08. The zero-order valence-electron chi connectivity index (χ0n) is 10.7. The number of fused-ring (bicyclic) bond motifs is 1. The second-order valence-electron chi connectivity index (χ2n) is 4.95. The van der Waals surface area contributed by atoms with E-state index in [1.165, 1.54) is 45.1 Å². The summed E-state index contributed by atoms with van der Waals surface area (Å²) < 4.78 is 14.4. The van der Waals surface area contributed by atoms with Crippen molar-refractivity contribution in [3.63, 3.8) is 0 Å². The van der Waals surface area contributed by atoms with E-state index in [2.05, 4.69) is 11.5 Å². The predicted octanol–water partition coefficient (Wildman–Crippen LogP) is 2.58. The maximum atomic E-state index is 6.08. The Hall–Kier alpha value is 0.0969. The lowest BCUT2D eigenvalue weighted by Gasteiger charge is -2.14. The van der Waals surface area contributed by atoms with Gasteiger partial charge in [0.25, 0.3) is 0 Å². The van der Waals surface area contributed by atoms with Gasteiger partial charge in [0, 0.05) is 13.7 Å². The number of hydrogen-bond donors (Lipinski definition) is 0. The third kappa shape index (κ3) is 2.35. The van der Waals surface area contributed by atoms with Gasteiger partial charge in [0.1, 0.15) is 0 Å². The molecule has 2 fully saturated rings. The van der Waals surface area contributed by atoms with Crippen LogP contribution in [0.3, 0.4) is 0 Å². The van der Waals surface area contributed by atoms with Crippen LogP contribution in [0.25, 0.3) is 0 Å². The van der Waals surface area contributed by atoms with Crippen LogP contribution in [0.1, 0.15) is 51.9 Å². The molecule has 0 N–H and O–H groups in total. The largest absolute Gasteiger partial charge is 0.445 e. The molecule has 0 aliphatic carbocycles. The molecule has 94 valence electrons. The Labute approximate surface area is 100 Å². The normalized spacial score (nSPS) is 39.4. The molecule has 0 spiro atoms. The van der Waals surface area contributed by atoms with E-state index in [1.807, 2.05) is 7.11 Å². The molecule has 2 aliphatic rings.